The molecule has 1 atom stereocenters. The normalized spacial score (nSPS) is 27.6. The van der Waals surface area contributed by atoms with E-state index in [4.69, 9.17) is 14.5 Å². The largest absolute Gasteiger partial charge is 0.381 e. The number of ether oxygens (including phenoxy) is 2. The minimum atomic E-state index is -0.214. The Bertz CT molecular complexity index is 349. The average Bonchev–Trinajstić information content (AvgIpc) is 3.06. The predicted molar refractivity (Wildman–Crippen MR) is 81.1 cm³/mol. The summed E-state index contributed by atoms with van der Waals surface area (Å²) in [6.45, 7) is 11.8. The van der Waals surface area contributed by atoms with Crippen LogP contribution in [0.25, 0.3) is 0 Å². The van der Waals surface area contributed by atoms with Crippen molar-refractivity contribution in [3.63, 3.8) is 0 Å². The van der Waals surface area contributed by atoms with E-state index in [0.717, 1.165) is 38.8 Å². The van der Waals surface area contributed by atoms with Crippen LogP contribution in [0.3, 0.4) is 0 Å². The van der Waals surface area contributed by atoms with E-state index in [9.17, 15) is 0 Å². The van der Waals surface area contributed by atoms with Crippen LogP contribution in [0.4, 0.5) is 0 Å². The second-order valence-electron chi connectivity index (χ2n) is 6.61. The van der Waals surface area contributed by atoms with Gasteiger partial charge in [-0.2, -0.15) is 0 Å². The van der Waals surface area contributed by atoms with Gasteiger partial charge in [0.2, 0.25) is 0 Å². The van der Waals surface area contributed by atoms with Gasteiger partial charge in [-0.25, -0.2) is 0 Å². The third kappa shape index (κ3) is 3.64. The Morgan fingerprint density at radius 3 is 2.85 bits per heavy atom. The third-order valence-corrected chi connectivity index (χ3v) is 4.42. The number of nitrogens with zero attached hydrogens (tertiary/aromatic N) is 2. The Morgan fingerprint density at radius 1 is 1.45 bits per heavy atom. The fourth-order valence-corrected chi connectivity index (χ4v) is 2.84. The molecule has 1 spiro atoms. The summed E-state index contributed by atoms with van der Waals surface area (Å²) in [6, 6.07) is 0. The molecule has 20 heavy (non-hydrogen) atoms. The van der Waals surface area contributed by atoms with E-state index >= 15 is 0 Å². The molecule has 2 rings (SSSR count). The molecule has 116 valence electrons. The Balaban J connectivity index is 2.00. The fourth-order valence-electron chi connectivity index (χ4n) is 2.84. The second kappa shape index (κ2) is 6.31. The van der Waals surface area contributed by atoms with Crippen molar-refractivity contribution in [3.05, 3.63) is 0 Å². The summed E-state index contributed by atoms with van der Waals surface area (Å²) < 4.78 is 11.0. The van der Waals surface area contributed by atoms with Gasteiger partial charge in [0.15, 0.2) is 5.96 Å². The van der Waals surface area contributed by atoms with E-state index in [2.05, 4.69) is 31.0 Å². The highest BCUT2D eigenvalue weighted by Crippen LogP contribution is 2.38. The van der Waals surface area contributed by atoms with Crippen molar-refractivity contribution in [3.8, 4) is 0 Å². The van der Waals surface area contributed by atoms with Gasteiger partial charge < -0.3 is 19.7 Å². The van der Waals surface area contributed by atoms with Gasteiger partial charge in [0.25, 0.3) is 0 Å². The van der Waals surface area contributed by atoms with Crippen molar-refractivity contribution < 1.29 is 9.47 Å². The quantitative estimate of drug-likeness (QED) is 0.627. The first-order chi connectivity index (χ1) is 9.50. The molecule has 2 fully saturated rings. The standard InChI is InChI=1S/C15H29N3O2/c1-5-16-13(17-10-14(2,3)19-4)18-8-6-15(11-18)7-9-20-12-15/h5-12H2,1-4H3,(H,16,17). The van der Waals surface area contributed by atoms with E-state index in [1.165, 1.54) is 12.8 Å². The van der Waals surface area contributed by atoms with E-state index in [1.54, 1.807) is 7.11 Å². The molecule has 0 aliphatic carbocycles. The number of guanidine groups is 1. The van der Waals surface area contributed by atoms with Gasteiger partial charge in [0, 0.05) is 38.8 Å². The number of hydrogen-bond acceptors (Lipinski definition) is 3. The van der Waals surface area contributed by atoms with Crippen molar-refractivity contribution in [2.45, 2.75) is 39.2 Å². The predicted octanol–water partition coefficient (Wildman–Crippen LogP) is 1.49. The molecule has 0 saturated carbocycles. The molecule has 2 aliphatic heterocycles. The summed E-state index contributed by atoms with van der Waals surface area (Å²) in [6.07, 6.45) is 2.40. The third-order valence-electron chi connectivity index (χ3n) is 4.42. The van der Waals surface area contributed by atoms with Gasteiger partial charge in [-0.3, -0.25) is 4.99 Å². The maximum absolute atomic E-state index is 5.59. The van der Waals surface area contributed by atoms with Crippen molar-refractivity contribution in [2.75, 3.05) is 46.5 Å². The van der Waals surface area contributed by atoms with E-state index in [-0.39, 0.29) is 5.60 Å². The molecule has 0 radical (unpaired) electrons. The monoisotopic (exact) mass is 283 g/mol. The number of methoxy groups -OCH3 is 1. The van der Waals surface area contributed by atoms with Crippen molar-refractivity contribution in [1.29, 1.82) is 0 Å². The first-order valence-corrected chi connectivity index (χ1v) is 7.66. The SMILES string of the molecule is CCNC(=NCC(C)(C)OC)N1CCC2(CCOC2)C1. The zero-order valence-electron chi connectivity index (χ0n) is 13.4. The summed E-state index contributed by atoms with van der Waals surface area (Å²) in [5, 5.41) is 3.41. The number of rotatable bonds is 4. The first-order valence-electron chi connectivity index (χ1n) is 7.66. The van der Waals surface area contributed by atoms with Crippen LogP contribution in [0.15, 0.2) is 4.99 Å². The van der Waals surface area contributed by atoms with Crippen molar-refractivity contribution in [2.24, 2.45) is 10.4 Å². The lowest BCUT2D eigenvalue weighted by Crippen LogP contribution is -2.42. The molecule has 0 bridgehead atoms. The first kappa shape index (κ1) is 15.6. The maximum atomic E-state index is 5.59. The Morgan fingerprint density at radius 2 is 2.25 bits per heavy atom. The van der Waals surface area contributed by atoms with Gasteiger partial charge >= 0.3 is 0 Å². The molecule has 0 aromatic rings. The highest BCUT2D eigenvalue weighted by molar-refractivity contribution is 5.80. The summed E-state index contributed by atoms with van der Waals surface area (Å²) in [5.41, 5.74) is 0.154. The molecule has 0 aromatic heterocycles. The van der Waals surface area contributed by atoms with Gasteiger partial charge in [-0.1, -0.05) is 0 Å². The van der Waals surface area contributed by atoms with E-state index in [0.29, 0.717) is 12.0 Å². The van der Waals surface area contributed by atoms with Crippen LogP contribution in [0, 0.1) is 5.41 Å². The Labute approximate surface area is 122 Å². The zero-order valence-corrected chi connectivity index (χ0v) is 13.4. The van der Waals surface area contributed by atoms with Gasteiger partial charge in [0.05, 0.1) is 18.8 Å². The summed E-state index contributed by atoms with van der Waals surface area (Å²) >= 11 is 0. The Hall–Kier alpha value is -0.810. The lowest BCUT2D eigenvalue weighted by Gasteiger charge is -2.26. The van der Waals surface area contributed by atoms with Gasteiger partial charge in [-0.15, -0.1) is 0 Å². The van der Waals surface area contributed by atoms with Crippen LogP contribution in [-0.4, -0.2) is 63.0 Å². The van der Waals surface area contributed by atoms with Crippen LogP contribution in [0.1, 0.15) is 33.6 Å². The van der Waals surface area contributed by atoms with E-state index < -0.39 is 0 Å². The van der Waals surface area contributed by atoms with Crippen LogP contribution >= 0.6 is 0 Å². The van der Waals surface area contributed by atoms with Crippen LogP contribution in [0.2, 0.25) is 0 Å². The zero-order chi connectivity index (χ0) is 14.6. The number of aliphatic imine (C=N–C) groups is 1. The minimum absolute atomic E-state index is 0.214. The molecule has 1 N–H and O–H groups in total. The van der Waals surface area contributed by atoms with Crippen LogP contribution in [0.5, 0.6) is 0 Å². The highest BCUT2D eigenvalue weighted by atomic mass is 16.5. The summed E-state index contributed by atoms with van der Waals surface area (Å²) in [4.78, 5) is 7.14. The summed E-state index contributed by atoms with van der Waals surface area (Å²) in [7, 11) is 1.74. The van der Waals surface area contributed by atoms with Crippen molar-refractivity contribution >= 4 is 5.96 Å². The number of hydrogen-bond donors (Lipinski definition) is 1. The Kier molecular flexibility index (Phi) is 4.91. The molecular formula is C15H29N3O2. The molecular weight excluding hydrogens is 254 g/mol. The number of nitrogens with one attached hydrogen (secondary N) is 1. The van der Waals surface area contributed by atoms with Crippen LogP contribution < -0.4 is 5.32 Å². The molecule has 2 aliphatic rings. The second-order valence-corrected chi connectivity index (χ2v) is 6.61. The molecule has 5 nitrogen and oxygen atoms in total. The molecule has 5 heteroatoms. The van der Waals surface area contributed by atoms with Gasteiger partial charge in [-0.05, 0) is 33.6 Å². The molecule has 0 amide bonds. The highest BCUT2D eigenvalue weighted by Gasteiger charge is 2.42. The lowest BCUT2D eigenvalue weighted by molar-refractivity contribution is 0.0309. The number of likely N-dealkylation sites (tertiary alicyclic amines) is 1. The van der Waals surface area contributed by atoms with Gasteiger partial charge in [0.1, 0.15) is 0 Å². The molecule has 2 saturated heterocycles. The van der Waals surface area contributed by atoms with E-state index in [1.807, 2.05) is 0 Å². The molecule has 1 unspecified atom stereocenters. The van der Waals surface area contributed by atoms with Crippen molar-refractivity contribution in [1.82, 2.24) is 10.2 Å². The lowest BCUT2D eigenvalue weighted by atomic mass is 9.87. The fraction of sp³-hybridized carbons (Fsp3) is 0.933. The van der Waals surface area contributed by atoms with Crippen LogP contribution in [-0.2, 0) is 9.47 Å². The average molecular weight is 283 g/mol. The summed E-state index contributed by atoms with van der Waals surface area (Å²) in [5.74, 6) is 1.02. The minimum Gasteiger partial charge on any atom is -0.381 e. The topological polar surface area (TPSA) is 46.1 Å². The molecule has 2 heterocycles. The molecule has 0 aromatic carbocycles. The smallest absolute Gasteiger partial charge is 0.194 e. The maximum Gasteiger partial charge on any atom is 0.194 e.